The fourth-order valence-corrected chi connectivity index (χ4v) is 4.45. The van der Waals surface area contributed by atoms with Crippen molar-refractivity contribution in [1.82, 2.24) is 0 Å². The van der Waals surface area contributed by atoms with Crippen LogP contribution < -0.4 is 0 Å². The molecule has 1 aliphatic heterocycles. The van der Waals surface area contributed by atoms with Crippen molar-refractivity contribution in [1.29, 1.82) is 0 Å². The second-order valence-electron chi connectivity index (χ2n) is 4.32. The third-order valence-corrected chi connectivity index (χ3v) is 5.85. The Kier molecular flexibility index (Phi) is 5.06. The quantitative estimate of drug-likeness (QED) is 0.731. The van der Waals surface area contributed by atoms with Crippen LogP contribution in [0.25, 0.3) is 0 Å². The average molecular weight is 234 g/mol. The first-order valence-electron chi connectivity index (χ1n) is 5.89. The highest BCUT2D eigenvalue weighted by Gasteiger charge is 2.27. The summed E-state index contributed by atoms with van der Waals surface area (Å²) >= 11 is 0. The number of hydrogen-bond donors (Lipinski definition) is 0. The van der Waals surface area contributed by atoms with Gasteiger partial charge in [0.05, 0.1) is 11.0 Å². The molecule has 0 aromatic carbocycles. The summed E-state index contributed by atoms with van der Waals surface area (Å²) in [6, 6.07) is 0. The van der Waals surface area contributed by atoms with Crippen LogP contribution in [0, 0.1) is 5.92 Å². The van der Waals surface area contributed by atoms with Gasteiger partial charge in [-0.2, -0.15) is 0 Å². The summed E-state index contributed by atoms with van der Waals surface area (Å²) in [4.78, 5) is 0. The van der Waals surface area contributed by atoms with E-state index in [1.165, 1.54) is 0 Å². The molecule has 0 bridgehead atoms. The number of sulfone groups is 1. The maximum Gasteiger partial charge on any atom is 0.153 e. The van der Waals surface area contributed by atoms with Crippen molar-refractivity contribution in [2.75, 3.05) is 19.0 Å². The summed E-state index contributed by atoms with van der Waals surface area (Å²) in [6.45, 7) is 5.36. The first-order valence-corrected chi connectivity index (χ1v) is 7.61. The molecule has 90 valence electrons. The molecule has 0 amide bonds. The van der Waals surface area contributed by atoms with Gasteiger partial charge in [-0.05, 0) is 31.6 Å². The first kappa shape index (κ1) is 13.0. The molecule has 0 aliphatic carbocycles. The van der Waals surface area contributed by atoms with E-state index in [0.717, 1.165) is 38.9 Å². The molecular formula is C11H22O3S. The number of hydrogen-bond acceptors (Lipinski definition) is 3. The minimum atomic E-state index is -2.88. The van der Waals surface area contributed by atoms with Crippen molar-refractivity contribution in [3.8, 4) is 0 Å². The van der Waals surface area contributed by atoms with Gasteiger partial charge in [-0.1, -0.05) is 13.8 Å². The maximum atomic E-state index is 12.0. The molecule has 15 heavy (non-hydrogen) atoms. The van der Waals surface area contributed by atoms with Gasteiger partial charge in [0.15, 0.2) is 9.84 Å². The van der Waals surface area contributed by atoms with Crippen LogP contribution >= 0.6 is 0 Å². The largest absolute Gasteiger partial charge is 0.381 e. The fourth-order valence-electron chi connectivity index (χ4n) is 2.17. The van der Waals surface area contributed by atoms with Gasteiger partial charge in [0.1, 0.15) is 0 Å². The van der Waals surface area contributed by atoms with Crippen LogP contribution in [-0.4, -0.2) is 32.6 Å². The highest BCUT2D eigenvalue weighted by Crippen LogP contribution is 2.21. The molecule has 1 rings (SSSR count). The Morgan fingerprint density at radius 1 is 1.20 bits per heavy atom. The SMILES string of the molecule is CCC(CC)S(=O)(=O)CC1CCOCC1. The lowest BCUT2D eigenvalue weighted by atomic mass is 10.0. The molecule has 3 nitrogen and oxygen atoms in total. The van der Waals surface area contributed by atoms with E-state index in [1.54, 1.807) is 0 Å². The normalized spacial score (nSPS) is 19.7. The minimum absolute atomic E-state index is 0.139. The van der Waals surface area contributed by atoms with Crippen LogP contribution in [0.5, 0.6) is 0 Å². The average Bonchev–Trinajstić information content (AvgIpc) is 2.19. The van der Waals surface area contributed by atoms with Crippen LogP contribution in [0.4, 0.5) is 0 Å². The van der Waals surface area contributed by atoms with Gasteiger partial charge in [0, 0.05) is 13.2 Å². The van der Waals surface area contributed by atoms with Gasteiger partial charge < -0.3 is 4.74 Å². The molecular weight excluding hydrogens is 212 g/mol. The Labute approximate surface area is 93.1 Å². The molecule has 1 heterocycles. The van der Waals surface area contributed by atoms with Crippen LogP contribution in [0.15, 0.2) is 0 Å². The van der Waals surface area contributed by atoms with Crippen LogP contribution in [0.2, 0.25) is 0 Å². The summed E-state index contributed by atoms with van der Waals surface area (Å²) in [7, 11) is -2.88. The smallest absolute Gasteiger partial charge is 0.153 e. The van der Waals surface area contributed by atoms with E-state index < -0.39 is 9.84 Å². The number of rotatable bonds is 5. The molecule has 0 aromatic rings. The zero-order valence-electron chi connectivity index (χ0n) is 9.74. The molecule has 1 saturated heterocycles. The van der Waals surface area contributed by atoms with Crippen molar-refractivity contribution < 1.29 is 13.2 Å². The Morgan fingerprint density at radius 3 is 2.20 bits per heavy atom. The summed E-state index contributed by atoms with van der Waals surface area (Å²) in [6.07, 6.45) is 3.28. The monoisotopic (exact) mass is 234 g/mol. The Morgan fingerprint density at radius 2 is 1.73 bits per heavy atom. The van der Waals surface area contributed by atoms with Crippen molar-refractivity contribution in [2.45, 2.75) is 44.8 Å². The van der Waals surface area contributed by atoms with Crippen LogP contribution in [-0.2, 0) is 14.6 Å². The highest BCUT2D eigenvalue weighted by molar-refractivity contribution is 7.92. The Hall–Kier alpha value is -0.0900. The zero-order valence-corrected chi connectivity index (χ0v) is 10.6. The second kappa shape index (κ2) is 5.85. The van der Waals surface area contributed by atoms with E-state index in [0.29, 0.717) is 11.7 Å². The lowest BCUT2D eigenvalue weighted by Crippen LogP contribution is -2.29. The maximum absolute atomic E-state index is 12.0. The van der Waals surface area contributed by atoms with Crippen LogP contribution in [0.1, 0.15) is 39.5 Å². The predicted molar refractivity (Wildman–Crippen MR) is 61.7 cm³/mol. The van der Waals surface area contributed by atoms with Gasteiger partial charge in [-0.25, -0.2) is 8.42 Å². The van der Waals surface area contributed by atoms with Crippen molar-refractivity contribution in [2.24, 2.45) is 5.92 Å². The molecule has 1 fully saturated rings. The Bertz CT molecular complexity index is 262. The molecule has 0 atom stereocenters. The fraction of sp³-hybridized carbons (Fsp3) is 1.00. The van der Waals surface area contributed by atoms with Gasteiger partial charge in [0.2, 0.25) is 0 Å². The highest BCUT2D eigenvalue weighted by atomic mass is 32.2. The molecule has 1 aliphatic rings. The van der Waals surface area contributed by atoms with E-state index in [2.05, 4.69) is 0 Å². The van der Waals surface area contributed by atoms with E-state index >= 15 is 0 Å². The van der Waals surface area contributed by atoms with Gasteiger partial charge in [-0.3, -0.25) is 0 Å². The van der Waals surface area contributed by atoms with Gasteiger partial charge in [-0.15, -0.1) is 0 Å². The molecule has 0 radical (unpaired) electrons. The van der Waals surface area contributed by atoms with Gasteiger partial charge in [0.25, 0.3) is 0 Å². The van der Waals surface area contributed by atoms with E-state index in [9.17, 15) is 8.42 Å². The lowest BCUT2D eigenvalue weighted by molar-refractivity contribution is 0.0723. The molecule has 0 spiro atoms. The molecule has 0 unspecified atom stereocenters. The molecule has 0 aromatic heterocycles. The van der Waals surface area contributed by atoms with Crippen LogP contribution in [0.3, 0.4) is 0 Å². The summed E-state index contributed by atoms with van der Waals surface area (Å²) < 4.78 is 29.3. The summed E-state index contributed by atoms with van der Waals surface area (Å²) in [5.74, 6) is 0.687. The van der Waals surface area contributed by atoms with Crippen molar-refractivity contribution in [3.63, 3.8) is 0 Å². The Balaban J connectivity index is 2.54. The third-order valence-electron chi connectivity index (χ3n) is 3.23. The van der Waals surface area contributed by atoms with Crippen molar-refractivity contribution in [3.05, 3.63) is 0 Å². The van der Waals surface area contributed by atoms with E-state index in [-0.39, 0.29) is 5.25 Å². The lowest BCUT2D eigenvalue weighted by Gasteiger charge is -2.23. The minimum Gasteiger partial charge on any atom is -0.381 e. The topological polar surface area (TPSA) is 43.4 Å². The predicted octanol–water partition coefficient (Wildman–Crippen LogP) is 2.02. The van der Waals surface area contributed by atoms with Crippen molar-refractivity contribution >= 4 is 9.84 Å². The first-order chi connectivity index (χ1) is 7.10. The van der Waals surface area contributed by atoms with Gasteiger partial charge >= 0.3 is 0 Å². The standard InChI is InChI=1S/C11H22O3S/c1-3-11(4-2)15(12,13)9-10-5-7-14-8-6-10/h10-11H,3-9H2,1-2H3. The molecule has 0 saturated carbocycles. The summed E-state index contributed by atoms with van der Waals surface area (Å²) in [5.41, 5.74) is 0. The second-order valence-corrected chi connectivity index (χ2v) is 6.65. The molecule has 4 heteroatoms. The van der Waals surface area contributed by atoms with E-state index in [4.69, 9.17) is 4.74 Å². The van der Waals surface area contributed by atoms with E-state index in [1.807, 2.05) is 13.8 Å². The number of ether oxygens (including phenoxy) is 1. The summed E-state index contributed by atoms with van der Waals surface area (Å²) in [5, 5.41) is -0.139. The molecule has 0 N–H and O–H groups in total. The third kappa shape index (κ3) is 3.76. The zero-order chi connectivity index (χ0) is 11.3.